The second-order valence-electron chi connectivity index (χ2n) is 6.47. The number of benzene rings is 1. The van der Waals surface area contributed by atoms with E-state index in [0.717, 1.165) is 18.9 Å². The number of sulfonamides is 1. The Morgan fingerprint density at radius 2 is 2.11 bits per heavy atom. The number of aromatic carboxylic acids is 1. The fraction of sp³-hybridized carbons (Fsp3) is 0.444. The first-order chi connectivity index (χ1) is 13.4. The number of hydrogen-bond acceptors (Lipinski definition) is 6. The largest absolute Gasteiger partial charge is 0.492 e. The minimum absolute atomic E-state index is 0.150. The van der Waals surface area contributed by atoms with Gasteiger partial charge in [0, 0.05) is 25.8 Å². The number of nitrogens with zero attached hydrogens (tertiary/aromatic N) is 2. The molecule has 0 spiro atoms. The van der Waals surface area contributed by atoms with E-state index in [1.807, 2.05) is 6.92 Å². The monoisotopic (exact) mass is 409 g/mol. The van der Waals surface area contributed by atoms with Crippen molar-refractivity contribution >= 4 is 21.8 Å². The molecule has 1 aliphatic rings. The van der Waals surface area contributed by atoms with Gasteiger partial charge in [-0.3, -0.25) is 4.72 Å². The van der Waals surface area contributed by atoms with Crippen molar-refractivity contribution in [2.24, 2.45) is 5.92 Å². The quantitative estimate of drug-likeness (QED) is 0.686. The Labute approximate surface area is 163 Å². The van der Waals surface area contributed by atoms with E-state index in [2.05, 4.69) is 9.82 Å². The van der Waals surface area contributed by atoms with Crippen LogP contribution in [0.15, 0.2) is 35.4 Å². The van der Waals surface area contributed by atoms with E-state index >= 15 is 0 Å². The summed E-state index contributed by atoms with van der Waals surface area (Å²) in [5, 5.41) is 13.5. The summed E-state index contributed by atoms with van der Waals surface area (Å²) in [5.41, 5.74) is -0.195. The van der Waals surface area contributed by atoms with Gasteiger partial charge in [0.1, 0.15) is 17.1 Å². The zero-order valence-corrected chi connectivity index (χ0v) is 16.3. The van der Waals surface area contributed by atoms with Gasteiger partial charge in [-0.2, -0.15) is 5.10 Å². The van der Waals surface area contributed by atoms with Crippen LogP contribution in [0.1, 0.15) is 30.1 Å². The SMILES string of the molecule is CCn1nccc1NS(=O)(=O)c1ccc(OCC2CCOCC2)c(C(=O)O)c1. The molecule has 1 aromatic heterocycles. The second-order valence-corrected chi connectivity index (χ2v) is 8.15. The van der Waals surface area contributed by atoms with Gasteiger partial charge in [-0.1, -0.05) is 0 Å². The molecule has 3 rings (SSSR count). The van der Waals surface area contributed by atoms with E-state index in [-0.39, 0.29) is 22.1 Å². The van der Waals surface area contributed by atoms with Crippen molar-refractivity contribution in [1.82, 2.24) is 9.78 Å². The van der Waals surface area contributed by atoms with Crippen LogP contribution in [0.4, 0.5) is 5.82 Å². The summed E-state index contributed by atoms with van der Waals surface area (Å²) in [7, 11) is -3.97. The molecular formula is C18H23N3O6S. The Bertz CT molecular complexity index is 935. The molecule has 0 atom stereocenters. The van der Waals surface area contributed by atoms with Crippen LogP contribution in [0.5, 0.6) is 5.75 Å². The Kier molecular flexibility index (Phi) is 6.20. The normalized spacial score (nSPS) is 15.3. The number of hydrogen-bond donors (Lipinski definition) is 2. The van der Waals surface area contributed by atoms with Crippen molar-refractivity contribution in [2.75, 3.05) is 24.5 Å². The highest BCUT2D eigenvalue weighted by Gasteiger charge is 2.22. The summed E-state index contributed by atoms with van der Waals surface area (Å²) in [6, 6.07) is 5.36. The van der Waals surface area contributed by atoms with Gasteiger partial charge in [-0.25, -0.2) is 17.9 Å². The van der Waals surface area contributed by atoms with Crippen LogP contribution >= 0.6 is 0 Å². The third kappa shape index (κ3) is 4.63. The van der Waals surface area contributed by atoms with E-state index < -0.39 is 16.0 Å². The zero-order valence-electron chi connectivity index (χ0n) is 15.5. The number of ether oxygens (including phenoxy) is 2. The predicted molar refractivity (Wildman–Crippen MR) is 101 cm³/mol. The second kappa shape index (κ2) is 8.61. The maximum absolute atomic E-state index is 12.7. The first-order valence-electron chi connectivity index (χ1n) is 9.03. The van der Waals surface area contributed by atoms with Gasteiger partial charge < -0.3 is 14.6 Å². The standard InChI is InChI=1S/C18H23N3O6S/c1-2-21-17(5-8-19-21)20-28(24,25)14-3-4-16(15(11-14)18(22)23)27-12-13-6-9-26-10-7-13/h3-5,8,11,13,20H,2,6-7,9-10,12H2,1H3,(H,22,23). The van der Waals surface area contributed by atoms with Crippen molar-refractivity contribution in [3.8, 4) is 5.75 Å². The Morgan fingerprint density at radius 3 is 2.79 bits per heavy atom. The third-order valence-electron chi connectivity index (χ3n) is 4.56. The van der Waals surface area contributed by atoms with Crippen LogP contribution in [0.2, 0.25) is 0 Å². The lowest BCUT2D eigenvalue weighted by Crippen LogP contribution is -2.22. The fourth-order valence-corrected chi connectivity index (χ4v) is 4.04. The average molecular weight is 409 g/mol. The number of carboxylic acid groups (broad SMARTS) is 1. The van der Waals surface area contributed by atoms with Gasteiger partial charge in [0.15, 0.2) is 0 Å². The molecule has 0 amide bonds. The topological polar surface area (TPSA) is 120 Å². The number of rotatable bonds is 8. The molecule has 2 N–H and O–H groups in total. The molecule has 0 unspecified atom stereocenters. The van der Waals surface area contributed by atoms with Gasteiger partial charge >= 0.3 is 5.97 Å². The molecule has 0 saturated carbocycles. The van der Waals surface area contributed by atoms with E-state index in [4.69, 9.17) is 9.47 Å². The minimum Gasteiger partial charge on any atom is -0.492 e. The minimum atomic E-state index is -3.97. The molecule has 1 aliphatic heterocycles. The molecule has 2 aromatic rings. The molecule has 9 nitrogen and oxygen atoms in total. The molecule has 0 bridgehead atoms. The molecule has 0 aliphatic carbocycles. The molecule has 1 fully saturated rings. The van der Waals surface area contributed by atoms with E-state index in [9.17, 15) is 18.3 Å². The van der Waals surface area contributed by atoms with Gasteiger partial charge in [-0.05, 0) is 43.9 Å². The summed E-state index contributed by atoms with van der Waals surface area (Å²) in [5.74, 6) is -0.511. The predicted octanol–water partition coefficient (Wildman–Crippen LogP) is 2.21. The highest BCUT2D eigenvalue weighted by molar-refractivity contribution is 7.92. The maximum Gasteiger partial charge on any atom is 0.339 e. The highest BCUT2D eigenvalue weighted by Crippen LogP contribution is 2.26. The molecule has 28 heavy (non-hydrogen) atoms. The number of aromatic nitrogens is 2. The third-order valence-corrected chi connectivity index (χ3v) is 5.91. The van der Waals surface area contributed by atoms with Crippen LogP contribution in [0.25, 0.3) is 0 Å². The average Bonchev–Trinajstić information content (AvgIpc) is 3.13. The summed E-state index contributed by atoms with van der Waals surface area (Å²) in [4.78, 5) is 11.5. The lowest BCUT2D eigenvalue weighted by molar-refractivity contribution is 0.0490. The summed E-state index contributed by atoms with van der Waals surface area (Å²) >= 11 is 0. The van der Waals surface area contributed by atoms with Crippen molar-refractivity contribution in [2.45, 2.75) is 31.2 Å². The van der Waals surface area contributed by atoms with E-state index in [0.29, 0.717) is 32.2 Å². The molecule has 0 radical (unpaired) electrons. The molecular weight excluding hydrogens is 386 g/mol. The van der Waals surface area contributed by atoms with Crippen LogP contribution < -0.4 is 9.46 Å². The van der Waals surface area contributed by atoms with Crippen molar-refractivity contribution in [3.05, 3.63) is 36.0 Å². The summed E-state index contributed by atoms with van der Waals surface area (Å²) in [6.07, 6.45) is 3.19. The first kappa shape index (κ1) is 20.2. The van der Waals surface area contributed by atoms with Crippen LogP contribution in [0.3, 0.4) is 0 Å². The summed E-state index contributed by atoms with van der Waals surface area (Å²) in [6.45, 7) is 4.01. The van der Waals surface area contributed by atoms with Crippen LogP contribution in [0, 0.1) is 5.92 Å². The fourth-order valence-electron chi connectivity index (χ4n) is 2.96. The number of carboxylic acids is 1. The molecule has 1 saturated heterocycles. The Morgan fingerprint density at radius 1 is 1.36 bits per heavy atom. The Balaban J connectivity index is 1.80. The van der Waals surface area contributed by atoms with Gasteiger partial charge in [0.2, 0.25) is 0 Å². The molecule has 152 valence electrons. The smallest absolute Gasteiger partial charge is 0.339 e. The number of anilines is 1. The highest BCUT2D eigenvalue weighted by atomic mass is 32.2. The molecule has 2 heterocycles. The van der Waals surface area contributed by atoms with Crippen molar-refractivity contribution in [3.63, 3.8) is 0 Å². The molecule has 10 heteroatoms. The zero-order chi connectivity index (χ0) is 20.1. The number of aryl methyl sites for hydroxylation is 1. The number of nitrogens with one attached hydrogen (secondary N) is 1. The lowest BCUT2D eigenvalue weighted by atomic mass is 10.0. The van der Waals surface area contributed by atoms with E-state index in [1.54, 1.807) is 0 Å². The van der Waals surface area contributed by atoms with Gasteiger partial charge in [0.25, 0.3) is 10.0 Å². The van der Waals surface area contributed by atoms with Crippen LogP contribution in [-0.2, 0) is 21.3 Å². The van der Waals surface area contributed by atoms with Gasteiger partial charge in [0.05, 0.1) is 17.7 Å². The van der Waals surface area contributed by atoms with Crippen molar-refractivity contribution < 1.29 is 27.8 Å². The Hall–Kier alpha value is -2.59. The summed E-state index contributed by atoms with van der Waals surface area (Å²) < 4.78 is 40.2. The molecule has 1 aromatic carbocycles. The van der Waals surface area contributed by atoms with E-state index in [1.165, 1.54) is 29.1 Å². The lowest BCUT2D eigenvalue weighted by Gasteiger charge is -2.22. The van der Waals surface area contributed by atoms with Gasteiger partial charge in [-0.15, -0.1) is 0 Å². The number of carbonyl (C=O) groups is 1. The maximum atomic E-state index is 12.7. The first-order valence-corrected chi connectivity index (χ1v) is 10.5. The van der Waals surface area contributed by atoms with Crippen molar-refractivity contribution in [1.29, 1.82) is 0 Å². The van der Waals surface area contributed by atoms with Crippen LogP contribution in [-0.4, -0.2) is 49.1 Å².